The van der Waals surface area contributed by atoms with E-state index >= 15 is 0 Å². The van der Waals surface area contributed by atoms with Gasteiger partial charge in [0.15, 0.2) is 0 Å². The topological polar surface area (TPSA) is 63.4 Å². The van der Waals surface area contributed by atoms with E-state index in [9.17, 15) is 8.42 Å². The van der Waals surface area contributed by atoms with Crippen LogP contribution < -0.4 is 5.73 Å². The highest BCUT2D eigenvalue weighted by Gasteiger charge is 2.32. The number of nitrogens with zero attached hydrogens (tertiary/aromatic N) is 1. The first-order valence-electron chi connectivity index (χ1n) is 6.89. The summed E-state index contributed by atoms with van der Waals surface area (Å²) in [7, 11) is -3.50. The van der Waals surface area contributed by atoms with Gasteiger partial charge < -0.3 is 5.73 Å². The van der Waals surface area contributed by atoms with Crippen LogP contribution in [-0.4, -0.2) is 25.8 Å². The Balaban J connectivity index is 2.44. The molecule has 112 valence electrons. The molecule has 1 aromatic carbocycles. The highest BCUT2D eigenvalue weighted by molar-refractivity contribution is 7.89. The Labute approximate surface area is 126 Å². The van der Waals surface area contributed by atoms with Crippen LogP contribution >= 0.6 is 11.6 Å². The number of nitrogens with two attached hydrogens (primary N) is 1. The Bertz CT molecular complexity index is 597. The van der Waals surface area contributed by atoms with Crippen LogP contribution in [-0.2, 0) is 16.6 Å². The molecule has 0 bridgehead atoms. The third-order valence-corrected chi connectivity index (χ3v) is 6.07. The van der Waals surface area contributed by atoms with Crippen LogP contribution in [0.1, 0.15) is 30.9 Å². The molecule has 0 amide bonds. The summed E-state index contributed by atoms with van der Waals surface area (Å²) in [4.78, 5) is 0.285. The second-order valence-electron chi connectivity index (χ2n) is 5.29. The van der Waals surface area contributed by atoms with Gasteiger partial charge in [-0.3, -0.25) is 0 Å². The number of hydrogen-bond donors (Lipinski definition) is 1. The van der Waals surface area contributed by atoms with Gasteiger partial charge in [0, 0.05) is 24.7 Å². The van der Waals surface area contributed by atoms with Gasteiger partial charge in [-0.1, -0.05) is 18.5 Å². The van der Waals surface area contributed by atoms with E-state index in [1.165, 1.54) is 6.07 Å². The summed E-state index contributed by atoms with van der Waals surface area (Å²) < 4.78 is 27.1. The molecule has 0 saturated heterocycles. The van der Waals surface area contributed by atoms with E-state index in [0.29, 0.717) is 29.6 Å². The number of rotatable bonds is 6. The zero-order valence-electron chi connectivity index (χ0n) is 11.9. The van der Waals surface area contributed by atoms with E-state index < -0.39 is 10.0 Å². The van der Waals surface area contributed by atoms with E-state index in [1.54, 1.807) is 17.3 Å². The molecule has 0 atom stereocenters. The third-order valence-electron chi connectivity index (χ3n) is 3.78. The van der Waals surface area contributed by atoms with Crippen molar-refractivity contribution in [3.63, 3.8) is 0 Å². The fourth-order valence-electron chi connectivity index (χ4n) is 2.31. The fraction of sp³-hybridized carbons (Fsp3) is 0.571. The van der Waals surface area contributed by atoms with Crippen LogP contribution in [0.15, 0.2) is 17.0 Å². The maximum atomic E-state index is 12.8. The quantitative estimate of drug-likeness (QED) is 0.877. The van der Waals surface area contributed by atoms with Crippen LogP contribution in [0.4, 0.5) is 0 Å². The molecule has 0 aromatic heterocycles. The molecule has 1 fully saturated rings. The van der Waals surface area contributed by atoms with Crippen molar-refractivity contribution in [3.05, 3.63) is 28.3 Å². The Morgan fingerprint density at radius 1 is 1.40 bits per heavy atom. The van der Waals surface area contributed by atoms with Crippen molar-refractivity contribution in [3.8, 4) is 0 Å². The molecule has 0 radical (unpaired) electrons. The monoisotopic (exact) mass is 316 g/mol. The molecular weight excluding hydrogens is 296 g/mol. The minimum atomic E-state index is -3.50. The lowest BCUT2D eigenvalue weighted by Crippen LogP contribution is -2.33. The standard InChI is InChI=1S/C14H21ClN2O2S/c1-3-17(9-11-4-5-11)20(18,19)14-7-13(15)6-12(8-16)10(14)2/h6-7,11H,3-5,8-9,16H2,1-2H3. The SMILES string of the molecule is CCN(CC1CC1)S(=O)(=O)c1cc(Cl)cc(CN)c1C. The molecular formula is C14H21ClN2O2S. The summed E-state index contributed by atoms with van der Waals surface area (Å²) in [6.07, 6.45) is 2.24. The molecule has 1 aliphatic carbocycles. The molecule has 2 rings (SSSR count). The lowest BCUT2D eigenvalue weighted by molar-refractivity contribution is 0.411. The lowest BCUT2D eigenvalue weighted by atomic mass is 10.1. The minimum Gasteiger partial charge on any atom is -0.326 e. The van der Waals surface area contributed by atoms with Crippen LogP contribution in [0.25, 0.3) is 0 Å². The Morgan fingerprint density at radius 2 is 2.05 bits per heavy atom. The van der Waals surface area contributed by atoms with Gasteiger partial charge in [0.05, 0.1) is 4.90 Å². The van der Waals surface area contributed by atoms with Gasteiger partial charge in [-0.25, -0.2) is 8.42 Å². The van der Waals surface area contributed by atoms with E-state index in [4.69, 9.17) is 17.3 Å². The predicted molar refractivity (Wildman–Crippen MR) is 81.2 cm³/mol. The summed E-state index contributed by atoms with van der Waals surface area (Å²) in [5.41, 5.74) is 7.14. The first-order chi connectivity index (χ1) is 9.40. The Morgan fingerprint density at radius 3 is 2.55 bits per heavy atom. The molecule has 6 heteroatoms. The van der Waals surface area contributed by atoms with Gasteiger partial charge in [0.2, 0.25) is 10.0 Å². The Kier molecular flexibility index (Phi) is 4.74. The number of sulfonamides is 1. The van der Waals surface area contributed by atoms with Gasteiger partial charge in [-0.2, -0.15) is 4.31 Å². The summed E-state index contributed by atoms with van der Waals surface area (Å²) in [6.45, 7) is 5.01. The fourth-order valence-corrected chi connectivity index (χ4v) is 4.44. The maximum absolute atomic E-state index is 12.8. The minimum absolute atomic E-state index is 0.281. The molecule has 1 saturated carbocycles. The smallest absolute Gasteiger partial charge is 0.243 e. The number of benzene rings is 1. The van der Waals surface area contributed by atoms with Gasteiger partial charge in [-0.05, 0) is 48.9 Å². The van der Waals surface area contributed by atoms with Crippen molar-refractivity contribution in [1.82, 2.24) is 4.31 Å². The largest absolute Gasteiger partial charge is 0.326 e. The average Bonchev–Trinajstić information content (AvgIpc) is 3.21. The molecule has 2 N–H and O–H groups in total. The molecule has 0 aliphatic heterocycles. The van der Waals surface area contributed by atoms with Crippen LogP contribution in [0.2, 0.25) is 5.02 Å². The van der Waals surface area contributed by atoms with Crippen molar-refractivity contribution in [1.29, 1.82) is 0 Å². The normalized spacial score (nSPS) is 15.8. The van der Waals surface area contributed by atoms with Crippen molar-refractivity contribution < 1.29 is 8.42 Å². The molecule has 1 aliphatic rings. The van der Waals surface area contributed by atoms with Crippen molar-refractivity contribution in [2.45, 2.75) is 38.1 Å². The molecule has 4 nitrogen and oxygen atoms in total. The van der Waals surface area contributed by atoms with E-state index in [0.717, 1.165) is 18.4 Å². The van der Waals surface area contributed by atoms with Crippen LogP contribution in [0.5, 0.6) is 0 Å². The molecule has 20 heavy (non-hydrogen) atoms. The van der Waals surface area contributed by atoms with E-state index in [2.05, 4.69) is 0 Å². The predicted octanol–water partition coefficient (Wildman–Crippen LogP) is 2.53. The Hall–Kier alpha value is -0.620. The lowest BCUT2D eigenvalue weighted by Gasteiger charge is -2.22. The van der Waals surface area contributed by atoms with E-state index in [-0.39, 0.29) is 11.4 Å². The number of hydrogen-bond acceptors (Lipinski definition) is 3. The van der Waals surface area contributed by atoms with Gasteiger partial charge in [-0.15, -0.1) is 0 Å². The van der Waals surface area contributed by atoms with Gasteiger partial charge in [0.25, 0.3) is 0 Å². The summed E-state index contributed by atoms with van der Waals surface area (Å²) >= 11 is 6.03. The van der Waals surface area contributed by atoms with Gasteiger partial charge in [0.1, 0.15) is 0 Å². The first kappa shape index (κ1) is 15.8. The molecule has 1 aromatic rings. The second kappa shape index (κ2) is 6.02. The van der Waals surface area contributed by atoms with Crippen molar-refractivity contribution in [2.24, 2.45) is 11.7 Å². The van der Waals surface area contributed by atoms with Crippen molar-refractivity contribution in [2.75, 3.05) is 13.1 Å². The zero-order valence-corrected chi connectivity index (χ0v) is 13.5. The highest BCUT2D eigenvalue weighted by atomic mass is 35.5. The molecule has 0 heterocycles. The summed E-state index contributed by atoms with van der Waals surface area (Å²) in [5, 5.41) is 0.414. The van der Waals surface area contributed by atoms with Gasteiger partial charge >= 0.3 is 0 Å². The van der Waals surface area contributed by atoms with Crippen LogP contribution in [0, 0.1) is 12.8 Å². The van der Waals surface area contributed by atoms with E-state index in [1.807, 2.05) is 6.92 Å². The molecule has 0 spiro atoms. The third kappa shape index (κ3) is 3.17. The zero-order chi connectivity index (χ0) is 14.9. The van der Waals surface area contributed by atoms with Crippen LogP contribution in [0.3, 0.4) is 0 Å². The average molecular weight is 317 g/mol. The van der Waals surface area contributed by atoms with Crippen molar-refractivity contribution >= 4 is 21.6 Å². The maximum Gasteiger partial charge on any atom is 0.243 e. The highest BCUT2D eigenvalue weighted by Crippen LogP contribution is 2.33. The first-order valence-corrected chi connectivity index (χ1v) is 8.71. The second-order valence-corrected chi connectivity index (χ2v) is 7.63. The summed E-state index contributed by atoms with van der Waals surface area (Å²) in [6, 6.07) is 3.26. The molecule has 0 unspecified atom stereocenters. The summed E-state index contributed by atoms with van der Waals surface area (Å²) in [5.74, 6) is 0.512. The number of halogens is 1.